The van der Waals surface area contributed by atoms with Crippen LogP contribution in [0.25, 0.3) is 0 Å². The molecule has 2 saturated carbocycles. The molecule has 0 unspecified atom stereocenters. The summed E-state index contributed by atoms with van der Waals surface area (Å²) in [5, 5.41) is 0. The van der Waals surface area contributed by atoms with E-state index in [2.05, 4.69) is 114 Å². The molecule has 162 valence electrons. The molecule has 32 heavy (non-hydrogen) atoms. The summed E-state index contributed by atoms with van der Waals surface area (Å²) < 4.78 is 0. The predicted molar refractivity (Wildman–Crippen MR) is 138 cm³/mol. The second-order valence-electron chi connectivity index (χ2n) is 8.91. The molecule has 0 N–H and O–H groups in total. The molecule has 4 heteroatoms. The van der Waals surface area contributed by atoms with E-state index in [1.165, 1.54) is 46.6 Å². The van der Waals surface area contributed by atoms with Gasteiger partial charge in [-0.3, -0.25) is 0 Å². The molecule has 4 rings (SSSR count). The van der Waals surface area contributed by atoms with Crippen LogP contribution < -0.4 is 0 Å². The maximum atomic E-state index is 4.93. The molecular weight excluding hydrogens is 527 g/mol. The van der Waals surface area contributed by atoms with Crippen LogP contribution in [0.2, 0.25) is 13.1 Å². The van der Waals surface area contributed by atoms with Crippen LogP contribution in [0.5, 0.6) is 0 Å². The van der Waals surface area contributed by atoms with Crippen LogP contribution in [0.4, 0.5) is 0 Å². The Hall–Kier alpha value is 0.120. The summed E-state index contributed by atoms with van der Waals surface area (Å²) in [6.07, 6.45) is 4.81. The second kappa shape index (κ2) is 11.7. The third-order valence-corrected chi connectivity index (χ3v) is 10.5. The van der Waals surface area contributed by atoms with Gasteiger partial charge in [0, 0.05) is 11.8 Å². The second-order valence-corrected chi connectivity index (χ2v) is 16.9. The van der Waals surface area contributed by atoms with Gasteiger partial charge < -0.3 is 0 Å². The van der Waals surface area contributed by atoms with Crippen LogP contribution in [0.15, 0.2) is 60.7 Å². The fourth-order valence-electron chi connectivity index (χ4n) is 5.54. The molecule has 0 aliphatic heterocycles. The first kappa shape index (κ1) is 26.7. The number of hydrogen-bond donors (Lipinski definition) is 0. The molecule has 2 fully saturated rings. The molecule has 0 saturated heterocycles. The zero-order chi connectivity index (χ0) is 23.5. The van der Waals surface area contributed by atoms with Crippen LogP contribution in [0.1, 0.15) is 38.8 Å². The van der Waals surface area contributed by atoms with Crippen molar-refractivity contribution in [2.24, 2.45) is 0 Å². The Morgan fingerprint density at radius 2 is 0.906 bits per heavy atom. The van der Waals surface area contributed by atoms with Crippen molar-refractivity contribution in [3.05, 3.63) is 131 Å². The Bertz CT molecular complexity index is 760. The molecule has 0 heterocycles. The van der Waals surface area contributed by atoms with Gasteiger partial charge in [-0.05, 0) is 58.7 Å². The van der Waals surface area contributed by atoms with Crippen LogP contribution >= 0.6 is 17.0 Å². The van der Waals surface area contributed by atoms with Gasteiger partial charge in [0.25, 0.3) is 0 Å². The normalized spacial score (nSPS) is 21.0. The van der Waals surface area contributed by atoms with Gasteiger partial charge in [-0.25, -0.2) is 0 Å². The van der Waals surface area contributed by atoms with E-state index in [0.29, 0.717) is 0 Å². The first-order valence-electron chi connectivity index (χ1n) is 10.9. The summed E-state index contributed by atoms with van der Waals surface area (Å²) in [5.41, 5.74) is 5.86. The fraction of sp³-hybridized carbons (Fsp3) is 0.214. The Balaban J connectivity index is 0.000000913. The number of rotatable bonds is 4. The molecule has 10 radical (unpaired) electrons. The standard InChI is InChI=1S/C28H30Si.2ClH.Zr/c1-19-17-25(23-13-9-7-10-14-23)21(3)27(19)29(5,6)28-20(2)18-26(22(28)4)24-15-11-8-12-16-24;;;/h7-18H,1-6H3;2*1H;/q;;;+4/p-2. The molecule has 0 aromatic heterocycles. The van der Waals surface area contributed by atoms with Crippen molar-refractivity contribution in [2.75, 3.05) is 0 Å². The van der Waals surface area contributed by atoms with Crippen LogP contribution in [-0.2, 0) is 20.8 Å². The number of benzene rings is 2. The van der Waals surface area contributed by atoms with E-state index in [0.717, 1.165) is 0 Å². The molecule has 2 aromatic carbocycles. The van der Waals surface area contributed by atoms with Gasteiger partial charge in [0.15, 0.2) is 0 Å². The van der Waals surface area contributed by atoms with Crippen molar-refractivity contribution >= 4 is 25.1 Å². The van der Waals surface area contributed by atoms with Gasteiger partial charge in [-0.15, -0.1) is 0 Å². The zero-order valence-corrected chi connectivity index (χ0v) is 24.7. The van der Waals surface area contributed by atoms with Gasteiger partial charge >= 0.3 is 37.9 Å². The van der Waals surface area contributed by atoms with E-state index in [1.54, 1.807) is 11.1 Å². The van der Waals surface area contributed by atoms with E-state index in [4.69, 9.17) is 17.0 Å². The summed E-state index contributed by atoms with van der Waals surface area (Å²) in [5.74, 6) is 8.60. The quantitative estimate of drug-likeness (QED) is 0.332. The van der Waals surface area contributed by atoms with E-state index in [9.17, 15) is 0 Å². The Morgan fingerprint density at radius 3 is 1.22 bits per heavy atom. The molecule has 2 aliphatic rings. The Labute approximate surface area is 216 Å². The topological polar surface area (TPSA) is 0 Å². The van der Waals surface area contributed by atoms with Crippen molar-refractivity contribution in [1.29, 1.82) is 0 Å². The van der Waals surface area contributed by atoms with Gasteiger partial charge in [0.05, 0.1) is 8.07 Å². The van der Waals surface area contributed by atoms with E-state index >= 15 is 0 Å². The van der Waals surface area contributed by atoms with Gasteiger partial charge in [-0.1, -0.05) is 101 Å². The average molecular weight is 557 g/mol. The van der Waals surface area contributed by atoms with E-state index < -0.39 is 28.9 Å². The molecule has 0 spiro atoms. The Morgan fingerprint density at radius 1 is 0.594 bits per heavy atom. The molecule has 0 amide bonds. The third kappa shape index (κ3) is 5.50. The minimum atomic E-state index is -1.86. The van der Waals surface area contributed by atoms with Gasteiger partial charge in [0.1, 0.15) is 0 Å². The maximum absolute atomic E-state index is 4.93. The van der Waals surface area contributed by atoms with Gasteiger partial charge in [0.2, 0.25) is 0 Å². The summed E-state index contributed by atoms with van der Waals surface area (Å²) in [6, 6.07) is 21.6. The van der Waals surface area contributed by atoms with E-state index in [1.807, 2.05) is 0 Å². The van der Waals surface area contributed by atoms with Crippen molar-refractivity contribution in [1.82, 2.24) is 0 Å². The van der Waals surface area contributed by atoms with Crippen LogP contribution in [-0.4, -0.2) is 8.07 Å². The van der Waals surface area contributed by atoms with Crippen molar-refractivity contribution < 1.29 is 20.8 Å². The molecule has 2 aromatic rings. The molecule has 0 bridgehead atoms. The molecule has 0 nitrogen and oxygen atoms in total. The predicted octanol–water partition coefficient (Wildman–Crippen LogP) is 8.36. The van der Waals surface area contributed by atoms with Crippen molar-refractivity contribution in [3.63, 3.8) is 0 Å². The summed E-state index contributed by atoms with van der Waals surface area (Å²) in [7, 11) is 8.01. The molecule has 2 aliphatic carbocycles. The summed E-state index contributed by atoms with van der Waals surface area (Å²) in [4.78, 5) is 0. The monoisotopic (exact) mass is 554 g/mol. The molecular formula is C28H30Cl2SiZr+2. The van der Waals surface area contributed by atoms with E-state index in [-0.39, 0.29) is 0 Å². The zero-order valence-electron chi connectivity index (χ0n) is 19.7. The van der Waals surface area contributed by atoms with Crippen molar-refractivity contribution in [2.45, 2.75) is 40.8 Å². The first-order chi connectivity index (χ1) is 15.2. The Kier molecular flexibility index (Phi) is 9.77. The van der Waals surface area contributed by atoms with Crippen molar-refractivity contribution in [3.8, 4) is 0 Å². The average Bonchev–Trinajstić information content (AvgIpc) is 3.25. The summed E-state index contributed by atoms with van der Waals surface area (Å²) in [6.45, 7) is 14.3. The first-order valence-corrected chi connectivity index (χ1v) is 20.2. The SMILES string of the molecule is C[C]1[CH][C](c2ccccc2)[C](C)[C]1[Si](C)(C)[C]1[C](C)[CH][C](c2ccccc2)[C]1C.[Cl][Zr+2][Cl]. The van der Waals surface area contributed by atoms with Crippen LogP contribution in [0, 0.1) is 59.4 Å². The van der Waals surface area contributed by atoms with Crippen LogP contribution in [0.3, 0.4) is 0 Å². The number of halogens is 2. The fourth-order valence-corrected chi connectivity index (χ4v) is 10.0. The minimum absolute atomic E-state index is 0.826. The van der Waals surface area contributed by atoms with Gasteiger partial charge in [-0.2, -0.15) is 0 Å². The summed E-state index contributed by atoms with van der Waals surface area (Å²) >= 11 is -0.826. The number of hydrogen-bond acceptors (Lipinski definition) is 0. The third-order valence-electron chi connectivity index (χ3n) is 6.49. The molecule has 0 atom stereocenters.